The molecule has 2 heterocycles. The first kappa shape index (κ1) is 14.9. The lowest BCUT2D eigenvalue weighted by molar-refractivity contribution is 0.102. The van der Waals surface area contributed by atoms with Crippen molar-refractivity contribution < 1.29 is 9.53 Å². The van der Waals surface area contributed by atoms with Crippen molar-refractivity contribution in [3.8, 4) is 17.3 Å². The maximum atomic E-state index is 12.5. The van der Waals surface area contributed by atoms with Crippen LogP contribution < -0.4 is 10.1 Å². The van der Waals surface area contributed by atoms with Crippen LogP contribution in [-0.2, 0) is 0 Å². The summed E-state index contributed by atoms with van der Waals surface area (Å²) in [5.74, 6) is 0.981. The Morgan fingerprint density at radius 2 is 2.04 bits per heavy atom. The number of hydrogen-bond donors (Lipinski definition) is 3. The van der Waals surface area contributed by atoms with E-state index in [1.54, 1.807) is 37.6 Å². The Bertz CT molecular complexity index is 1020. The van der Waals surface area contributed by atoms with E-state index < -0.39 is 0 Å². The second-order valence-corrected chi connectivity index (χ2v) is 5.45. The van der Waals surface area contributed by atoms with Gasteiger partial charge in [-0.25, -0.2) is 4.98 Å². The van der Waals surface area contributed by atoms with Gasteiger partial charge in [0, 0.05) is 5.56 Å². The van der Waals surface area contributed by atoms with E-state index in [9.17, 15) is 4.79 Å². The normalized spacial score (nSPS) is 10.8. The maximum absolute atomic E-state index is 12.5. The highest BCUT2D eigenvalue weighted by Gasteiger charge is 2.15. The molecular weight excluding hydrogens is 318 g/mol. The number of fused-ring (bicyclic) bond motifs is 1. The number of H-pyrrole nitrogens is 2. The molecule has 0 radical (unpaired) electrons. The van der Waals surface area contributed by atoms with Crippen LogP contribution in [0, 0.1) is 0 Å². The number of aromatic amines is 2. The Morgan fingerprint density at radius 3 is 2.88 bits per heavy atom. The predicted octanol–water partition coefficient (Wildman–Crippen LogP) is 3.21. The molecule has 7 heteroatoms. The van der Waals surface area contributed by atoms with Crippen LogP contribution in [0.25, 0.3) is 22.6 Å². The van der Waals surface area contributed by atoms with Gasteiger partial charge >= 0.3 is 0 Å². The fraction of sp³-hybridized carbons (Fsp3) is 0.0556. The van der Waals surface area contributed by atoms with E-state index in [1.165, 1.54) is 0 Å². The van der Waals surface area contributed by atoms with E-state index in [-0.39, 0.29) is 5.91 Å². The fourth-order valence-electron chi connectivity index (χ4n) is 2.59. The molecule has 0 saturated carbocycles. The van der Waals surface area contributed by atoms with E-state index in [0.29, 0.717) is 28.5 Å². The molecule has 0 aliphatic rings. The largest absolute Gasteiger partial charge is 0.497 e. The second-order valence-electron chi connectivity index (χ2n) is 5.45. The lowest BCUT2D eigenvalue weighted by Gasteiger charge is -2.06. The van der Waals surface area contributed by atoms with Gasteiger partial charge in [-0.15, -0.1) is 0 Å². The summed E-state index contributed by atoms with van der Waals surface area (Å²) in [6.45, 7) is 0. The Labute approximate surface area is 143 Å². The second kappa shape index (κ2) is 6.12. The summed E-state index contributed by atoms with van der Waals surface area (Å²) in [5.41, 5.74) is 3.42. The lowest BCUT2D eigenvalue weighted by Crippen LogP contribution is -2.12. The van der Waals surface area contributed by atoms with Gasteiger partial charge in [0.1, 0.15) is 11.4 Å². The van der Waals surface area contributed by atoms with Gasteiger partial charge in [0.2, 0.25) is 0 Å². The molecule has 0 aliphatic carbocycles. The zero-order chi connectivity index (χ0) is 17.2. The standard InChI is InChI=1S/C18H15N5O2/c1-25-12-6-4-5-11(9-12)18(24)22-15-10-19-23-16(15)17-20-13-7-2-3-8-14(13)21-17/h2-10H,1H3,(H,19,23)(H,20,21)(H,22,24). The highest BCUT2D eigenvalue weighted by molar-refractivity contribution is 6.06. The Kier molecular flexibility index (Phi) is 3.66. The van der Waals surface area contributed by atoms with Crippen molar-refractivity contribution in [2.75, 3.05) is 12.4 Å². The molecule has 2 aromatic carbocycles. The summed E-state index contributed by atoms with van der Waals surface area (Å²) in [4.78, 5) is 20.2. The van der Waals surface area contributed by atoms with Crippen LogP contribution in [0.3, 0.4) is 0 Å². The van der Waals surface area contributed by atoms with Crippen LogP contribution in [0.1, 0.15) is 10.4 Å². The third-order valence-electron chi connectivity index (χ3n) is 3.85. The summed E-state index contributed by atoms with van der Waals surface area (Å²) in [6.07, 6.45) is 1.56. The number of nitrogens with zero attached hydrogens (tertiary/aromatic N) is 2. The molecule has 0 bridgehead atoms. The minimum absolute atomic E-state index is 0.252. The van der Waals surface area contributed by atoms with Gasteiger partial charge < -0.3 is 15.0 Å². The van der Waals surface area contributed by atoms with Crippen molar-refractivity contribution in [2.24, 2.45) is 0 Å². The molecule has 0 fully saturated rings. The van der Waals surface area contributed by atoms with Gasteiger partial charge in [0.05, 0.1) is 30.0 Å². The molecule has 4 aromatic rings. The van der Waals surface area contributed by atoms with Crippen LogP contribution in [0.5, 0.6) is 5.75 Å². The summed E-state index contributed by atoms with van der Waals surface area (Å²) in [7, 11) is 1.56. The summed E-state index contributed by atoms with van der Waals surface area (Å²) in [5, 5.41) is 9.76. The van der Waals surface area contributed by atoms with Crippen molar-refractivity contribution in [3.05, 3.63) is 60.3 Å². The van der Waals surface area contributed by atoms with Crippen molar-refractivity contribution in [1.29, 1.82) is 0 Å². The first-order valence-corrected chi connectivity index (χ1v) is 7.68. The third-order valence-corrected chi connectivity index (χ3v) is 3.85. The molecule has 7 nitrogen and oxygen atoms in total. The van der Waals surface area contributed by atoms with Gasteiger partial charge in [0.25, 0.3) is 5.91 Å². The number of hydrogen-bond acceptors (Lipinski definition) is 4. The number of imidazole rings is 1. The van der Waals surface area contributed by atoms with Gasteiger partial charge in [-0.1, -0.05) is 18.2 Å². The van der Waals surface area contributed by atoms with Gasteiger partial charge in [-0.05, 0) is 30.3 Å². The number of carbonyl (C=O) groups is 1. The minimum Gasteiger partial charge on any atom is -0.497 e. The number of rotatable bonds is 4. The van der Waals surface area contributed by atoms with Gasteiger partial charge in [0.15, 0.2) is 5.82 Å². The molecule has 2 aromatic heterocycles. The molecule has 3 N–H and O–H groups in total. The number of para-hydroxylation sites is 2. The molecule has 124 valence electrons. The topological polar surface area (TPSA) is 95.7 Å². The average molecular weight is 333 g/mol. The van der Waals surface area contributed by atoms with E-state index in [0.717, 1.165) is 11.0 Å². The average Bonchev–Trinajstić information content (AvgIpc) is 3.27. The quantitative estimate of drug-likeness (QED) is 0.534. The van der Waals surface area contributed by atoms with Crippen LogP contribution in [0.2, 0.25) is 0 Å². The van der Waals surface area contributed by atoms with Crippen molar-refractivity contribution in [2.45, 2.75) is 0 Å². The van der Waals surface area contributed by atoms with Crippen molar-refractivity contribution in [1.82, 2.24) is 20.2 Å². The van der Waals surface area contributed by atoms with E-state index >= 15 is 0 Å². The zero-order valence-electron chi connectivity index (χ0n) is 13.4. The summed E-state index contributed by atoms with van der Waals surface area (Å²) in [6, 6.07) is 14.7. The number of amides is 1. The molecular formula is C18H15N5O2. The number of ether oxygens (including phenoxy) is 1. The first-order valence-electron chi connectivity index (χ1n) is 7.68. The molecule has 0 saturated heterocycles. The number of anilines is 1. The third kappa shape index (κ3) is 2.83. The number of methoxy groups -OCH3 is 1. The molecule has 0 unspecified atom stereocenters. The van der Waals surface area contributed by atoms with Crippen molar-refractivity contribution >= 4 is 22.6 Å². The predicted molar refractivity (Wildman–Crippen MR) is 94.6 cm³/mol. The highest BCUT2D eigenvalue weighted by Crippen LogP contribution is 2.26. The number of carbonyl (C=O) groups excluding carboxylic acids is 1. The highest BCUT2D eigenvalue weighted by atomic mass is 16.5. The summed E-state index contributed by atoms with van der Waals surface area (Å²) >= 11 is 0. The minimum atomic E-state index is -0.252. The van der Waals surface area contributed by atoms with E-state index in [1.807, 2.05) is 24.3 Å². The number of nitrogens with one attached hydrogen (secondary N) is 3. The van der Waals surface area contributed by atoms with E-state index in [2.05, 4.69) is 25.5 Å². The molecule has 0 aliphatic heterocycles. The smallest absolute Gasteiger partial charge is 0.255 e. The lowest BCUT2D eigenvalue weighted by atomic mass is 10.2. The Hall–Kier alpha value is -3.61. The van der Waals surface area contributed by atoms with E-state index in [4.69, 9.17) is 4.74 Å². The fourth-order valence-corrected chi connectivity index (χ4v) is 2.59. The van der Waals surface area contributed by atoms with Crippen LogP contribution >= 0.6 is 0 Å². The van der Waals surface area contributed by atoms with Gasteiger partial charge in [-0.2, -0.15) is 5.10 Å². The Balaban J connectivity index is 1.64. The monoisotopic (exact) mass is 333 g/mol. The van der Waals surface area contributed by atoms with Crippen LogP contribution in [-0.4, -0.2) is 33.2 Å². The molecule has 1 amide bonds. The zero-order valence-corrected chi connectivity index (χ0v) is 13.4. The maximum Gasteiger partial charge on any atom is 0.255 e. The Morgan fingerprint density at radius 1 is 1.16 bits per heavy atom. The summed E-state index contributed by atoms with van der Waals surface area (Å²) < 4.78 is 5.15. The van der Waals surface area contributed by atoms with Crippen LogP contribution in [0.15, 0.2) is 54.7 Å². The van der Waals surface area contributed by atoms with Crippen molar-refractivity contribution in [3.63, 3.8) is 0 Å². The SMILES string of the molecule is COc1cccc(C(=O)Nc2cn[nH]c2-c2nc3ccccc3[nH]2)c1. The number of aromatic nitrogens is 4. The molecule has 0 spiro atoms. The van der Waals surface area contributed by atoms with Crippen LogP contribution in [0.4, 0.5) is 5.69 Å². The number of benzene rings is 2. The van der Waals surface area contributed by atoms with Gasteiger partial charge in [-0.3, -0.25) is 9.89 Å². The molecule has 25 heavy (non-hydrogen) atoms. The molecule has 0 atom stereocenters. The molecule has 4 rings (SSSR count). The first-order chi connectivity index (χ1) is 12.2.